The van der Waals surface area contributed by atoms with Gasteiger partial charge in [0.2, 0.25) is 0 Å². The molecule has 1 fully saturated rings. The predicted molar refractivity (Wildman–Crippen MR) is 70.6 cm³/mol. The van der Waals surface area contributed by atoms with Gasteiger partial charge in [-0.25, -0.2) is 4.79 Å². The van der Waals surface area contributed by atoms with Crippen molar-refractivity contribution in [2.75, 3.05) is 20.8 Å². The second-order valence-corrected chi connectivity index (χ2v) is 4.48. The zero-order valence-corrected chi connectivity index (χ0v) is 11.7. The topological polar surface area (TPSA) is 48.0 Å². The molecule has 1 aliphatic rings. The maximum atomic E-state index is 11.7. The molecule has 0 aromatic heterocycles. The average molecular weight is 265 g/mol. The number of carbonyl (C=O) groups is 1. The second kappa shape index (κ2) is 5.38. The molecule has 104 valence electrons. The molecule has 0 radical (unpaired) electrons. The van der Waals surface area contributed by atoms with Gasteiger partial charge in [-0.2, -0.15) is 0 Å². The molecule has 5 heteroatoms. The Morgan fingerprint density at radius 2 is 1.79 bits per heavy atom. The lowest BCUT2D eigenvalue weighted by Crippen LogP contribution is -2.31. The van der Waals surface area contributed by atoms with Gasteiger partial charge in [0.1, 0.15) is 17.6 Å². The van der Waals surface area contributed by atoms with Gasteiger partial charge in [0.15, 0.2) is 0 Å². The maximum absolute atomic E-state index is 11.7. The Bertz CT molecular complexity index is 452. The maximum Gasteiger partial charge on any atom is 0.410 e. The van der Waals surface area contributed by atoms with Crippen molar-refractivity contribution in [1.82, 2.24) is 4.90 Å². The quantitative estimate of drug-likeness (QED) is 0.839. The second-order valence-electron chi connectivity index (χ2n) is 4.48. The van der Waals surface area contributed by atoms with Crippen LogP contribution in [0.15, 0.2) is 18.2 Å². The van der Waals surface area contributed by atoms with Crippen molar-refractivity contribution in [3.05, 3.63) is 23.8 Å². The van der Waals surface area contributed by atoms with Crippen LogP contribution >= 0.6 is 0 Å². The predicted octanol–water partition coefficient (Wildman–Crippen LogP) is 2.61. The average Bonchev–Trinajstić information content (AvgIpc) is 2.72. The number of cyclic esters (lactones) is 1. The lowest BCUT2D eigenvalue weighted by atomic mass is 10.0. The zero-order valence-electron chi connectivity index (χ0n) is 11.7. The summed E-state index contributed by atoms with van der Waals surface area (Å²) in [6, 6.07) is 5.53. The lowest BCUT2D eigenvalue weighted by molar-refractivity contribution is 0.130. The number of hydrogen-bond donors (Lipinski definition) is 0. The number of amides is 1. The van der Waals surface area contributed by atoms with Crippen molar-refractivity contribution in [3.8, 4) is 11.5 Å². The van der Waals surface area contributed by atoms with Crippen LogP contribution in [0.2, 0.25) is 0 Å². The summed E-state index contributed by atoms with van der Waals surface area (Å²) in [6.45, 7) is 4.55. The fourth-order valence-electron chi connectivity index (χ4n) is 2.36. The van der Waals surface area contributed by atoms with Crippen molar-refractivity contribution in [2.24, 2.45) is 0 Å². The van der Waals surface area contributed by atoms with Gasteiger partial charge in [-0.1, -0.05) is 0 Å². The number of benzene rings is 1. The van der Waals surface area contributed by atoms with Gasteiger partial charge in [0, 0.05) is 18.2 Å². The van der Waals surface area contributed by atoms with E-state index in [4.69, 9.17) is 14.2 Å². The monoisotopic (exact) mass is 265 g/mol. The first-order valence-corrected chi connectivity index (χ1v) is 6.31. The van der Waals surface area contributed by atoms with E-state index < -0.39 is 0 Å². The third-order valence-electron chi connectivity index (χ3n) is 3.44. The Labute approximate surface area is 113 Å². The highest BCUT2D eigenvalue weighted by molar-refractivity contribution is 5.71. The molecule has 2 atom stereocenters. The molecule has 0 spiro atoms. The number of hydrogen-bond acceptors (Lipinski definition) is 4. The van der Waals surface area contributed by atoms with Gasteiger partial charge >= 0.3 is 6.09 Å². The summed E-state index contributed by atoms with van der Waals surface area (Å²) in [5, 5.41) is 0. The van der Waals surface area contributed by atoms with Crippen LogP contribution in [-0.4, -0.2) is 37.8 Å². The van der Waals surface area contributed by atoms with Gasteiger partial charge in [-0.15, -0.1) is 0 Å². The number of likely N-dealkylation sites (N-methyl/N-ethyl adjacent to an activating group) is 1. The molecule has 0 saturated carbocycles. The molecule has 19 heavy (non-hydrogen) atoms. The molecule has 1 heterocycles. The summed E-state index contributed by atoms with van der Waals surface area (Å²) in [7, 11) is 3.20. The van der Waals surface area contributed by atoms with Crippen LogP contribution < -0.4 is 9.47 Å². The molecule has 1 aromatic carbocycles. The zero-order chi connectivity index (χ0) is 14.0. The normalized spacial score (nSPS) is 22.3. The van der Waals surface area contributed by atoms with Crippen molar-refractivity contribution < 1.29 is 19.0 Å². The summed E-state index contributed by atoms with van der Waals surface area (Å²) in [5.41, 5.74) is 0.882. The molecule has 1 aliphatic heterocycles. The highest BCUT2D eigenvalue weighted by Crippen LogP contribution is 2.35. The van der Waals surface area contributed by atoms with E-state index in [1.165, 1.54) is 0 Å². The Morgan fingerprint density at radius 3 is 2.21 bits per heavy atom. The minimum atomic E-state index is -0.295. The Balaban J connectivity index is 2.34. The Hall–Kier alpha value is -1.91. The minimum absolute atomic E-state index is 0.00527. The molecule has 0 N–H and O–H groups in total. The van der Waals surface area contributed by atoms with Crippen LogP contribution in [0.3, 0.4) is 0 Å². The molecule has 5 nitrogen and oxygen atoms in total. The van der Waals surface area contributed by atoms with Crippen molar-refractivity contribution >= 4 is 6.09 Å². The van der Waals surface area contributed by atoms with E-state index in [1.807, 2.05) is 26.0 Å². The molecule has 2 rings (SSSR count). The molecule has 1 amide bonds. The molecular formula is C14H19NO4. The van der Waals surface area contributed by atoms with Crippen molar-refractivity contribution in [2.45, 2.75) is 26.0 Å². The van der Waals surface area contributed by atoms with E-state index in [1.54, 1.807) is 25.2 Å². The number of nitrogens with zero attached hydrogens (tertiary/aromatic N) is 1. The van der Waals surface area contributed by atoms with Gasteiger partial charge in [-0.3, -0.25) is 0 Å². The molecule has 0 unspecified atom stereocenters. The van der Waals surface area contributed by atoms with Crippen molar-refractivity contribution in [3.63, 3.8) is 0 Å². The minimum Gasteiger partial charge on any atom is -0.497 e. The molecule has 0 bridgehead atoms. The van der Waals surface area contributed by atoms with E-state index in [9.17, 15) is 4.79 Å². The van der Waals surface area contributed by atoms with E-state index in [0.717, 1.165) is 5.56 Å². The first-order valence-electron chi connectivity index (χ1n) is 6.31. The summed E-state index contributed by atoms with van der Waals surface area (Å²) in [5.74, 6) is 1.38. The summed E-state index contributed by atoms with van der Waals surface area (Å²) < 4.78 is 15.9. The molecule has 1 saturated heterocycles. The summed E-state index contributed by atoms with van der Waals surface area (Å²) >= 11 is 0. The third kappa shape index (κ3) is 2.45. The Kier molecular flexibility index (Phi) is 3.83. The first-order chi connectivity index (χ1) is 9.10. The van der Waals surface area contributed by atoms with Crippen molar-refractivity contribution in [1.29, 1.82) is 0 Å². The van der Waals surface area contributed by atoms with Gasteiger partial charge in [-0.05, 0) is 26.0 Å². The first kappa shape index (κ1) is 13.5. The van der Waals surface area contributed by atoms with Crippen LogP contribution in [-0.2, 0) is 4.74 Å². The van der Waals surface area contributed by atoms with E-state index in [-0.39, 0.29) is 18.2 Å². The smallest absolute Gasteiger partial charge is 0.410 e. The summed E-state index contributed by atoms with van der Waals surface area (Å²) in [6.07, 6.45) is -0.571. The van der Waals surface area contributed by atoms with Crippen LogP contribution in [0, 0.1) is 0 Å². The SMILES string of the molecule is CCN1C(=O)O[C@H](c2cc(OC)cc(OC)c2)[C@@H]1C. The van der Waals surface area contributed by atoms with Crippen LogP contribution in [0.1, 0.15) is 25.5 Å². The number of carbonyl (C=O) groups excluding carboxylic acids is 1. The molecule has 0 aliphatic carbocycles. The number of ether oxygens (including phenoxy) is 3. The highest BCUT2D eigenvalue weighted by atomic mass is 16.6. The van der Waals surface area contributed by atoms with Crippen LogP contribution in [0.25, 0.3) is 0 Å². The fraction of sp³-hybridized carbons (Fsp3) is 0.500. The fourth-order valence-corrected chi connectivity index (χ4v) is 2.36. The van der Waals surface area contributed by atoms with Gasteiger partial charge < -0.3 is 19.1 Å². The standard InChI is InChI=1S/C14H19NO4/c1-5-15-9(2)13(19-14(15)16)10-6-11(17-3)8-12(7-10)18-4/h6-9,13H,5H2,1-4H3/t9-,13-/m0/s1. The van der Waals surface area contributed by atoms with Crippen LogP contribution in [0.4, 0.5) is 4.79 Å². The number of rotatable bonds is 4. The summed E-state index contributed by atoms with van der Waals surface area (Å²) in [4.78, 5) is 13.5. The molecule has 1 aromatic rings. The largest absolute Gasteiger partial charge is 0.497 e. The highest BCUT2D eigenvalue weighted by Gasteiger charge is 2.38. The lowest BCUT2D eigenvalue weighted by Gasteiger charge is -2.19. The van der Waals surface area contributed by atoms with E-state index in [0.29, 0.717) is 18.0 Å². The van der Waals surface area contributed by atoms with Gasteiger partial charge in [0.25, 0.3) is 0 Å². The van der Waals surface area contributed by atoms with E-state index >= 15 is 0 Å². The van der Waals surface area contributed by atoms with Crippen LogP contribution in [0.5, 0.6) is 11.5 Å². The number of methoxy groups -OCH3 is 2. The third-order valence-corrected chi connectivity index (χ3v) is 3.44. The Morgan fingerprint density at radius 1 is 1.21 bits per heavy atom. The molecular weight excluding hydrogens is 246 g/mol. The van der Waals surface area contributed by atoms with Gasteiger partial charge in [0.05, 0.1) is 20.3 Å². The van der Waals surface area contributed by atoms with E-state index in [2.05, 4.69) is 0 Å².